The fourth-order valence-corrected chi connectivity index (χ4v) is 4.60. The highest BCUT2D eigenvalue weighted by molar-refractivity contribution is 7.29. The summed E-state index contributed by atoms with van der Waals surface area (Å²) in [4.78, 5) is 20.6. The van der Waals surface area contributed by atoms with Crippen molar-refractivity contribution in [2.75, 3.05) is 25.8 Å². The molecule has 1 amide bonds. The standard InChI is InChI=1S/C17H17N3O3S2/c1-9(10-4-5-11-12(6-10)23-8-22-11)18-15(21)13-7-14-16(24-13)19-17(25-14)20(2)3/h4-7,9H,8H2,1-3H3,(H,18,21). The second-order valence-corrected chi connectivity index (χ2v) is 8.02. The lowest BCUT2D eigenvalue weighted by molar-refractivity contribution is 0.0944. The highest BCUT2D eigenvalue weighted by atomic mass is 32.1. The number of rotatable bonds is 4. The summed E-state index contributed by atoms with van der Waals surface area (Å²) in [5.74, 6) is 1.37. The van der Waals surface area contributed by atoms with Crippen LogP contribution in [-0.2, 0) is 0 Å². The highest BCUT2D eigenvalue weighted by Gasteiger charge is 2.19. The number of thiazole rings is 1. The second-order valence-electron chi connectivity index (χ2n) is 5.98. The Kier molecular flexibility index (Phi) is 4.01. The number of hydrogen-bond donors (Lipinski definition) is 1. The molecule has 25 heavy (non-hydrogen) atoms. The predicted octanol–water partition coefficient (Wildman–Crippen LogP) is 3.64. The molecule has 6 nitrogen and oxygen atoms in total. The maximum Gasteiger partial charge on any atom is 0.261 e. The Balaban J connectivity index is 1.50. The van der Waals surface area contributed by atoms with Crippen LogP contribution < -0.4 is 19.7 Å². The van der Waals surface area contributed by atoms with E-state index in [-0.39, 0.29) is 18.7 Å². The summed E-state index contributed by atoms with van der Waals surface area (Å²) in [7, 11) is 3.92. The van der Waals surface area contributed by atoms with E-state index >= 15 is 0 Å². The first kappa shape index (κ1) is 16.2. The van der Waals surface area contributed by atoms with Crippen molar-refractivity contribution in [2.45, 2.75) is 13.0 Å². The summed E-state index contributed by atoms with van der Waals surface area (Å²) in [5.41, 5.74) is 0.976. The van der Waals surface area contributed by atoms with Crippen molar-refractivity contribution in [3.05, 3.63) is 34.7 Å². The van der Waals surface area contributed by atoms with Crippen LogP contribution in [0.15, 0.2) is 24.3 Å². The number of carbonyl (C=O) groups is 1. The van der Waals surface area contributed by atoms with Gasteiger partial charge in [-0.15, -0.1) is 11.3 Å². The largest absolute Gasteiger partial charge is 0.454 e. The van der Waals surface area contributed by atoms with Gasteiger partial charge in [-0.25, -0.2) is 4.98 Å². The van der Waals surface area contributed by atoms with Gasteiger partial charge in [-0.1, -0.05) is 17.4 Å². The zero-order chi connectivity index (χ0) is 17.6. The Morgan fingerprint density at radius 3 is 2.80 bits per heavy atom. The van der Waals surface area contributed by atoms with Crippen LogP contribution in [0.25, 0.3) is 9.53 Å². The number of hydrogen-bond acceptors (Lipinski definition) is 7. The van der Waals surface area contributed by atoms with Gasteiger partial charge in [0.15, 0.2) is 16.6 Å². The molecule has 0 radical (unpaired) electrons. The summed E-state index contributed by atoms with van der Waals surface area (Å²) in [6.45, 7) is 2.20. The van der Waals surface area contributed by atoms with E-state index in [0.29, 0.717) is 4.88 Å². The molecule has 0 saturated carbocycles. The zero-order valence-electron chi connectivity index (χ0n) is 14.0. The van der Waals surface area contributed by atoms with Crippen LogP contribution in [0.2, 0.25) is 0 Å². The van der Waals surface area contributed by atoms with E-state index < -0.39 is 0 Å². The van der Waals surface area contributed by atoms with E-state index in [1.165, 1.54) is 11.3 Å². The minimum Gasteiger partial charge on any atom is -0.454 e. The Labute approximate surface area is 153 Å². The van der Waals surface area contributed by atoms with Crippen LogP contribution >= 0.6 is 22.7 Å². The first-order chi connectivity index (χ1) is 12.0. The van der Waals surface area contributed by atoms with Gasteiger partial charge >= 0.3 is 0 Å². The molecule has 1 aromatic carbocycles. The van der Waals surface area contributed by atoms with E-state index in [4.69, 9.17) is 9.47 Å². The van der Waals surface area contributed by atoms with E-state index in [2.05, 4.69) is 10.3 Å². The molecule has 0 bridgehead atoms. The normalized spacial score (nSPS) is 13.9. The monoisotopic (exact) mass is 375 g/mol. The molecule has 3 heterocycles. The maximum atomic E-state index is 12.6. The Morgan fingerprint density at radius 2 is 2.04 bits per heavy atom. The van der Waals surface area contributed by atoms with E-state index in [1.807, 2.05) is 50.2 Å². The summed E-state index contributed by atoms with van der Waals surface area (Å²) in [6, 6.07) is 7.50. The number of amides is 1. The lowest BCUT2D eigenvalue weighted by Gasteiger charge is -2.14. The van der Waals surface area contributed by atoms with Gasteiger partial charge in [0.05, 0.1) is 15.6 Å². The van der Waals surface area contributed by atoms with E-state index in [0.717, 1.165) is 31.7 Å². The van der Waals surface area contributed by atoms with Gasteiger partial charge in [-0.3, -0.25) is 4.79 Å². The topological polar surface area (TPSA) is 63.7 Å². The lowest BCUT2D eigenvalue weighted by atomic mass is 10.1. The van der Waals surface area contributed by atoms with Crippen molar-refractivity contribution in [3.8, 4) is 11.5 Å². The molecule has 1 aliphatic rings. The van der Waals surface area contributed by atoms with Crippen LogP contribution in [-0.4, -0.2) is 31.8 Å². The minimum absolute atomic E-state index is 0.0910. The van der Waals surface area contributed by atoms with E-state index in [1.54, 1.807) is 11.3 Å². The summed E-state index contributed by atoms with van der Waals surface area (Å²) < 4.78 is 11.7. The number of nitrogens with one attached hydrogen (secondary N) is 1. The van der Waals surface area contributed by atoms with Gasteiger partial charge in [0.25, 0.3) is 5.91 Å². The Morgan fingerprint density at radius 1 is 1.24 bits per heavy atom. The predicted molar refractivity (Wildman–Crippen MR) is 100 cm³/mol. The third kappa shape index (κ3) is 3.03. The molecule has 0 fully saturated rings. The van der Waals surface area contributed by atoms with Crippen LogP contribution in [0.1, 0.15) is 28.2 Å². The Hall–Kier alpha value is -2.32. The first-order valence-corrected chi connectivity index (χ1v) is 9.42. The van der Waals surface area contributed by atoms with Crippen molar-refractivity contribution >= 4 is 43.2 Å². The highest BCUT2D eigenvalue weighted by Crippen LogP contribution is 2.35. The number of carbonyl (C=O) groups excluding carboxylic acids is 1. The summed E-state index contributed by atoms with van der Waals surface area (Å²) in [6.07, 6.45) is 0. The molecular formula is C17H17N3O3S2. The third-order valence-electron chi connectivity index (χ3n) is 3.93. The number of fused-ring (bicyclic) bond motifs is 2. The van der Waals surface area contributed by atoms with Crippen molar-refractivity contribution in [1.82, 2.24) is 10.3 Å². The van der Waals surface area contributed by atoms with Gasteiger partial charge in [-0.2, -0.15) is 0 Å². The van der Waals surface area contributed by atoms with Crippen LogP contribution in [0, 0.1) is 0 Å². The van der Waals surface area contributed by atoms with E-state index in [9.17, 15) is 4.79 Å². The number of anilines is 1. The molecule has 2 aromatic heterocycles. The molecule has 0 spiro atoms. The number of thiophene rings is 1. The SMILES string of the molecule is CC(NC(=O)c1cc2sc(N(C)C)nc2s1)c1ccc2c(c1)OCO2. The molecule has 1 N–H and O–H groups in total. The van der Waals surface area contributed by atoms with Crippen LogP contribution in [0.4, 0.5) is 5.13 Å². The van der Waals surface area contributed by atoms with Gasteiger partial charge < -0.3 is 19.7 Å². The molecule has 3 aromatic rings. The zero-order valence-corrected chi connectivity index (χ0v) is 15.7. The van der Waals surface area contributed by atoms with Crippen LogP contribution in [0.5, 0.6) is 11.5 Å². The number of ether oxygens (including phenoxy) is 2. The molecule has 0 aliphatic carbocycles. The van der Waals surface area contributed by atoms with Crippen LogP contribution in [0.3, 0.4) is 0 Å². The van der Waals surface area contributed by atoms with Gasteiger partial charge in [0.1, 0.15) is 4.83 Å². The molecule has 130 valence electrons. The third-order valence-corrected chi connectivity index (χ3v) is 6.26. The average molecular weight is 375 g/mol. The lowest BCUT2D eigenvalue weighted by Crippen LogP contribution is -2.25. The molecule has 0 saturated heterocycles. The summed E-state index contributed by atoms with van der Waals surface area (Å²) >= 11 is 3.00. The van der Waals surface area contributed by atoms with Crippen molar-refractivity contribution < 1.29 is 14.3 Å². The number of benzene rings is 1. The van der Waals surface area contributed by atoms with Crippen molar-refractivity contribution in [1.29, 1.82) is 0 Å². The Bertz CT molecular complexity index is 916. The molecule has 1 unspecified atom stereocenters. The molecule has 4 rings (SSSR count). The quantitative estimate of drug-likeness (QED) is 0.754. The van der Waals surface area contributed by atoms with Crippen molar-refractivity contribution in [2.24, 2.45) is 0 Å². The molecule has 1 aliphatic heterocycles. The second kappa shape index (κ2) is 6.20. The van der Waals surface area contributed by atoms with Gasteiger partial charge in [0.2, 0.25) is 6.79 Å². The number of nitrogens with zero attached hydrogens (tertiary/aromatic N) is 2. The van der Waals surface area contributed by atoms with Gasteiger partial charge in [0, 0.05) is 14.1 Å². The average Bonchev–Trinajstić information content (AvgIpc) is 3.27. The fraction of sp³-hybridized carbons (Fsp3) is 0.294. The smallest absolute Gasteiger partial charge is 0.261 e. The minimum atomic E-state index is -0.132. The number of aromatic nitrogens is 1. The summed E-state index contributed by atoms with van der Waals surface area (Å²) in [5, 5.41) is 3.98. The van der Waals surface area contributed by atoms with Crippen molar-refractivity contribution in [3.63, 3.8) is 0 Å². The fourth-order valence-electron chi connectivity index (χ4n) is 2.56. The molecule has 8 heteroatoms. The molecule has 1 atom stereocenters. The molecular weight excluding hydrogens is 358 g/mol. The van der Waals surface area contributed by atoms with Gasteiger partial charge in [-0.05, 0) is 30.7 Å². The maximum absolute atomic E-state index is 12.6. The first-order valence-electron chi connectivity index (χ1n) is 7.79.